The molecule has 23 heavy (non-hydrogen) atoms. The average molecular weight is 318 g/mol. The highest BCUT2D eigenvalue weighted by Crippen LogP contribution is 2.49. The van der Waals surface area contributed by atoms with E-state index >= 15 is 0 Å². The van der Waals surface area contributed by atoms with Crippen LogP contribution in [0.3, 0.4) is 0 Å². The molecule has 3 N–H and O–H groups in total. The van der Waals surface area contributed by atoms with E-state index in [4.69, 9.17) is 10.5 Å². The minimum absolute atomic E-state index is 0.0535. The van der Waals surface area contributed by atoms with Crippen molar-refractivity contribution in [2.24, 2.45) is 11.1 Å². The average Bonchev–Trinajstić information content (AvgIpc) is 2.52. The Morgan fingerprint density at radius 3 is 2.52 bits per heavy atom. The Kier molecular flexibility index (Phi) is 5.17. The second-order valence-corrected chi connectivity index (χ2v) is 7.36. The van der Waals surface area contributed by atoms with Gasteiger partial charge in [-0.25, -0.2) is 0 Å². The maximum Gasteiger partial charge on any atom is 0.240 e. The lowest BCUT2D eigenvalue weighted by atomic mass is 9.54. The van der Waals surface area contributed by atoms with Crippen LogP contribution in [0.1, 0.15) is 51.2 Å². The van der Waals surface area contributed by atoms with Crippen molar-refractivity contribution >= 4 is 5.91 Å². The number of nitrogens with one attached hydrogen (secondary N) is 1. The summed E-state index contributed by atoms with van der Waals surface area (Å²) in [5.74, 6) is 0.187. The molecule has 1 aromatic rings. The topological polar surface area (TPSA) is 64.3 Å². The standard InChI is InChI=1S/C19H30N2O2/c1-6-23-16-11-19(20,18(16,4)5)17(22)21-12-14(3)15-9-7-13(2)8-10-15/h7-10,14,16H,6,11-12,20H2,1-5H3,(H,21,22). The van der Waals surface area contributed by atoms with E-state index in [0.29, 0.717) is 19.6 Å². The molecule has 1 amide bonds. The summed E-state index contributed by atoms with van der Waals surface area (Å²) in [7, 11) is 0. The predicted octanol–water partition coefficient (Wildman–Crippen LogP) is 2.75. The van der Waals surface area contributed by atoms with Crippen molar-refractivity contribution in [3.8, 4) is 0 Å². The molecule has 1 saturated carbocycles. The summed E-state index contributed by atoms with van der Waals surface area (Å²) in [5.41, 5.74) is 7.67. The fourth-order valence-electron chi connectivity index (χ4n) is 3.24. The van der Waals surface area contributed by atoms with Crippen molar-refractivity contribution < 1.29 is 9.53 Å². The summed E-state index contributed by atoms with van der Waals surface area (Å²) in [6, 6.07) is 8.42. The van der Waals surface area contributed by atoms with E-state index in [1.165, 1.54) is 11.1 Å². The van der Waals surface area contributed by atoms with Crippen LogP contribution in [0.25, 0.3) is 0 Å². The smallest absolute Gasteiger partial charge is 0.240 e. The minimum atomic E-state index is -0.847. The molecule has 0 spiro atoms. The molecule has 3 unspecified atom stereocenters. The van der Waals surface area contributed by atoms with Crippen LogP contribution in [0.15, 0.2) is 24.3 Å². The summed E-state index contributed by atoms with van der Waals surface area (Å²) in [6.07, 6.45) is 0.635. The number of carbonyl (C=O) groups excluding carboxylic acids is 1. The number of ether oxygens (including phenoxy) is 1. The van der Waals surface area contributed by atoms with E-state index in [1.807, 2.05) is 20.8 Å². The number of nitrogens with two attached hydrogens (primary N) is 1. The molecule has 1 fully saturated rings. The first-order valence-electron chi connectivity index (χ1n) is 8.47. The zero-order valence-electron chi connectivity index (χ0n) is 15.0. The first kappa shape index (κ1) is 18.0. The molecule has 1 aliphatic carbocycles. The zero-order valence-corrected chi connectivity index (χ0v) is 15.0. The molecule has 1 aliphatic rings. The number of benzene rings is 1. The largest absolute Gasteiger partial charge is 0.378 e. The van der Waals surface area contributed by atoms with Gasteiger partial charge in [-0.2, -0.15) is 0 Å². The molecule has 0 aromatic heterocycles. The SMILES string of the molecule is CCOC1CC(N)(C(=O)NCC(C)c2ccc(C)cc2)C1(C)C. The van der Waals surface area contributed by atoms with Crippen LogP contribution in [-0.4, -0.2) is 30.7 Å². The van der Waals surface area contributed by atoms with E-state index in [0.717, 1.165) is 0 Å². The molecular formula is C19H30N2O2. The number of carbonyl (C=O) groups is 1. The van der Waals surface area contributed by atoms with Crippen LogP contribution in [0, 0.1) is 12.3 Å². The molecule has 4 nitrogen and oxygen atoms in total. The summed E-state index contributed by atoms with van der Waals surface area (Å²) in [5, 5.41) is 3.04. The highest BCUT2D eigenvalue weighted by molar-refractivity contribution is 5.88. The number of hydrogen-bond acceptors (Lipinski definition) is 3. The lowest BCUT2D eigenvalue weighted by Gasteiger charge is -2.57. The Bertz CT molecular complexity index is 553. The Hall–Kier alpha value is -1.39. The molecular weight excluding hydrogens is 288 g/mol. The minimum Gasteiger partial charge on any atom is -0.378 e. The van der Waals surface area contributed by atoms with Crippen molar-refractivity contribution in [1.29, 1.82) is 0 Å². The number of amides is 1. The lowest BCUT2D eigenvalue weighted by Crippen LogP contribution is -2.75. The van der Waals surface area contributed by atoms with E-state index in [2.05, 4.69) is 43.4 Å². The first-order valence-corrected chi connectivity index (χ1v) is 8.47. The molecule has 0 saturated heterocycles. The lowest BCUT2D eigenvalue weighted by molar-refractivity contribution is -0.170. The van der Waals surface area contributed by atoms with Crippen LogP contribution < -0.4 is 11.1 Å². The third kappa shape index (κ3) is 3.29. The zero-order chi connectivity index (χ0) is 17.3. The number of aryl methyl sites for hydroxylation is 1. The molecule has 1 aromatic carbocycles. The monoisotopic (exact) mass is 318 g/mol. The fraction of sp³-hybridized carbons (Fsp3) is 0.632. The third-order valence-corrected chi connectivity index (χ3v) is 5.45. The Labute approximate surface area is 139 Å². The van der Waals surface area contributed by atoms with Crippen LogP contribution >= 0.6 is 0 Å². The maximum atomic E-state index is 12.6. The molecule has 0 radical (unpaired) electrons. The van der Waals surface area contributed by atoms with E-state index in [1.54, 1.807) is 0 Å². The summed E-state index contributed by atoms with van der Waals surface area (Å²) in [6.45, 7) is 11.4. The Balaban J connectivity index is 1.93. The molecule has 2 rings (SSSR count). The quantitative estimate of drug-likeness (QED) is 0.847. The number of rotatable bonds is 6. The van der Waals surface area contributed by atoms with E-state index in [9.17, 15) is 4.79 Å². The summed E-state index contributed by atoms with van der Waals surface area (Å²) >= 11 is 0. The second-order valence-electron chi connectivity index (χ2n) is 7.36. The van der Waals surface area contributed by atoms with Gasteiger partial charge in [0.25, 0.3) is 0 Å². The highest BCUT2D eigenvalue weighted by Gasteiger charge is 2.62. The third-order valence-electron chi connectivity index (χ3n) is 5.45. The fourth-order valence-corrected chi connectivity index (χ4v) is 3.24. The van der Waals surface area contributed by atoms with Crippen molar-refractivity contribution in [2.45, 2.75) is 58.6 Å². The highest BCUT2D eigenvalue weighted by atomic mass is 16.5. The summed E-state index contributed by atoms with van der Waals surface area (Å²) in [4.78, 5) is 12.6. The van der Waals surface area contributed by atoms with Gasteiger partial charge < -0.3 is 15.8 Å². The van der Waals surface area contributed by atoms with Gasteiger partial charge in [0, 0.05) is 25.0 Å². The van der Waals surface area contributed by atoms with E-state index < -0.39 is 5.54 Å². The number of hydrogen-bond donors (Lipinski definition) is 2. The van der Waals surface area contributed by atoms with Gasteiger partial charge >= 0.3 is 0 Å². The van der Waals surface area contributed by atoms with Gasteiger partial charge in [-0.05, 0) is 25.3 Å². The van der Waals surface area contributed by atoms with Crippen LogP contribution in [0.5, 0.6) is 0 Å². The van der Waals surface area contributed by atoms with Crippen molar-refractivity contribution in [3.63, 3.8) is 0 Å². The normalized spacial score (nSPS) is 27.1. The Morgan fingerprint density at radius 2 is 2.00 bits per heavy atom. The second kappa shape index (κ2) is 6.62. The van der Waals surface area contributed by atoms with Gasteiger partial charge in [-0.15, -0.1) is 0 Å². The molecule has 0 aliphatic heterocycles. The predicted molar refractivity (Wildman–Crippen MR) is 93.3 cm³/mol. The van der Waals surface area contributed by atoms with Gasteiger partial charge in [0.15, 0.2) is 0 Å². The molecule has 3 atom stereocenters. The van der Waals surface area contributed by atoms with Gasteiger partial charge in [-0.1, -0.05) is 50.6 Å². The molecule has 4 heteroatoms. The first-order chi connectivity index (χ1) is 10.7. The van der Waals surface area contributed by atoms with Crippen LogP contribution in [0.2, 0.25) is 0 Å². The molecule has 0 bridgehead atoms. The van der Waals surface area contributed by atoms with Gasteiger partial charge in [0.1, 0.15) is 5.54 Å². The Morgan fingerprint density at radius 1 is 1.39 bits per heavy atom. The van der Waals surface area contributed by atoms with Crippen molar-refractivity contribution in [1.82, 2.24) is 5.32 Å². The maximum absolute atomic E-state index is 12.6. The van der Waals surface area contributed by atoms with E-state index in [-0.39, 0.29) is 23.3 Å². The van der Waals surface area contributed by atoms with Crippen LogP contribution in [0.4, 0.5) is 0 Å². The summed E-state index contributed by atoms with van der Waals surface area (Å²) < 4.78 is 5.68. The van der Waals surface area contributed by atoms with Crippen molar-refractivity contribution in [3.05, 3.63) is 35.4 Å². The van der Waals surface area contributed by atoms with Crippen molar-refractivity contribution in [2.75, 3.05) is 13.2 Å². The van der Waals surface area contributed by atoms with Gasteiger partial charge in [0.2, 0.25) is 5.91 Å². The molecule has 128 valence electrons. The van der Waals surface area contributed by atoms with Crippen LogP contribution in [-0.2, 0) is 9.53 Å². The molecule has 0 heterocycles. The van der Waals surface area contributed by atoms with Gasteiger partial charge in [-0.3, -0.25) is 4.79 Å². The van der Waals surface area contributed by atoms with Gasteiger partial charge in [0.05, 0.1) is 6.10 Å².